The van der Waals surface area contributed by atoms with E-state index >= 15 is 0 Å². The van der Waals surface area contributed by atoms with Crippen molar-refractivity contribution in [3.63, 3.8) is 0 Å². The lowest BCUT2D eigenvalue weighted by Crippen LogP contribution is -2.15. The number of carbonyl (C=O) groups excluding carboxylic acids is 1. The number of hydrogen-bond acceptors (Lipinski definition) is 2. The molecule has 4 rings (SSSR count). The van der Waals surface area contributed by atoms with Gasteiger partial charge in [-0.1, -0.05) is 62.4 Å². The first-order chi connectivity index (χ1) is 14.1. The number of para-hydroxylation sites is 4. The summed E-state index contributed by atoms with van der Waals surface area (Å²) < 4.78 is 2.14. The Morgan fingerprint density at radius 1 is 0.931 bits per heavy atom. The van der Waals surface area contributed by atoms with Crippen LogP contribution in [0.15, 0.2) is 78.9 Å². The van der Waals surface area contributed by atoms with Crippen LogP contribution in [-0.4, -0.2) is 15.5 Å². The van der Waals surface area contributed by atoms with Gasteiger partial charge in [0.05, 0.1) is 11.0 Å². The van der Waals surface area contributed by atoms with Crippen molar-refractivity contribution in [2.24, 2.45) is 0 Å². The maximum absolute atomic E-state index is 12.7. The van der Waals surface area contributed by atoms with Crippen LogP contribution < -0.4 is 5.32 Å². The van der Waals surface area contributed by atoms with Gasteiger partial charge in [0.1, 0.15) is 5.82 Å². The molecule has 0 unspecified atom stereocenters. The van der Waals surface area contributed by atoms with E-state index in [1.54, 1.807) is 0 Å². The van der Waals surface area contributed by atoms with E-state index in [1.807, 2.05) is 54.6 Å². The highest BCUT2D eigenvalue weighted by atomic mass is 16.1. The normalized spacial score (nSPS) is 11.1. The zero-order chi connectivity index (χ0) is 20.2. The summed E-state index contributed by atoms with van der Waals surface area (Å²) in [5, 5.41) is 3.08. The average molecular weight is 383 g/mol. The van der Waals surface area contributed by atoms with E-state index in [-0.39, 0.29) is 5.91 Å². The van der Waals surface area contributed by atoms with Gasteiger partial charge in [0, 0.05) is 24.2 Å². The predicted octanol–water partition coefficient (Wildman–Crippen LogP) is 5.72. The standard InChI is InChI=1S/C25H25N3O/c1-18(2)20-12-6-7-13-21(20)27-25(29)17-16-24-26-22-14-8-9-15-23(22)28(24)19-10-4-3-5-11-19/h3-15,18H,16-17H2,1-2H3,(H,27,29). The molecule has 0 aliphatic heterocycles. The summed E-state index contributed by atoms with van der Waals surface area (Å²) in [6.07, 6.45) is 0.946. The van der Waals surface area contributed by atoms with Crippen molar-refractivity contribution < 1.29 is 4.79 Å². The SMILES string of the molecule is CC(C)c1ccccc1NC(=O)CCc1nc2ccccc2n1-c1ccccc1. The fraction of sp³-hybridized carbons (Fsp3) is 0.200. The largest absolute Gasteiger partial charge is 0.326 e. The summed E-state index contributed by atoms with van der Waals surface area (Å²) in [7, 11) is 0. The molecule has 0 spiro atoms. The van der Waals surface area contributed by atoms with E-state index < -0.39 is 0 Å². The summed E-state index contributed by atoms with van der Waals surface area (Å²) >= 11 is 0. The molecule has 0 atom stereocenters. The number of carbonyl (C=O) groups is 1. The van der Waals surface area contributed by atoms with Crippen LogP contribution in [0.3, 0.4) is 0 Å². The van der Waals surface area contributed by atoms with E-state index in [0.29, 0.717) is 18.8 Å². The molecule has 29 heavy (non-hydrogen) atoms. The number of aromatic nitrogens is 2. The topological polar surface area (TPSA) is 46.9 Å². The molecule has 0 aliphatic carbocycles. The summed E-state index contributed by atoms with van der Waals surface area (Å²) in [5.74, 6) is 1.25. The Bertz CT molecular complexity index is 1130. The Hall–Kier alpha value is -3.40. The van der Waals surface area contributed by atoms with E-state index in [4.69, 9.17) is 4.98 Å². The van der Waals surface area contributed by atoms with Crippen LogP contribution in [0.1, 0.15) is 37.6 Å². The van der Waals surface area contributed by atoms with Gasteiger partial charge in [-0.05, 0) is 41.8 Å². The minimum atomic E-state index is 0.00441. The number of nitrogens with zero attached hydrogens (tertiary/aromatic N) is 2. The number of hydrogen-bond donors (Lipinski definition) is 1. The van der Waals surface area contributed by atoms with Crippen molar-refractivity contribution in [3.8, 4) is 5.69 Å². The molecule has 0 radical (unpaired) electrons. The Kier molecular flexibility index (Phi) is 5.43. The molecular formula is C25H25N3O. The van der Waals surface area contributed by atoms with Crippen LogP contribution in [0.2, 0.25) is 0 Å². The van der Waals surface area contributed by atoms with Crippen LogP contribution in [0.5, 0.6) is 0 Å². The molecule has 1 aromatic heterocycles. The molecule has 3 aromatic carbocycles. The van der Waals surface area contributed by atoms with Crippen LogP contribution >= 0.6 is 0 Å². The molecule has 146 valence electrons. The molecule has 0 fully saturated rings. The number of aryl methyl sites for hydroxylation is 1. The predicted molar refractivity (Wildman–Crippen MR) is 119 cm³/mol. The molecule has 1 heterocycles. The number of amides is 1. The summed E-state index contributed by atoms with van der Waals surface area (Å²) in [4.78, 5) is 17.5. The lowest BCUT2D eigenvalue weighted by Gasteiger charge is -2.14. The molecule has 0 aliphatic rings. The Morgan fingerprint density at radius 3 is 2.41 bits per heavy atom. The van der Waals surface area contributed by atoms with Gasteiger partial charge < -0.3 is 5.32 Å². The number of rotatable bonds is 6. The van der Waals surface area contributed by atoms with Crippen LogP contribution in [0, 0.1) is 0 Å². The Morgan fingerprint density at radius 2 is 1.62 bits per heavy atom. The second-order valence-corrected chi connectivity index (χ2v) is 7.48. The monoisotopic (exact) mass is 383 g/mol. The first-order valence-corrected chi connectivity index (χ1v) is 10.0. The van der Waals surface area contributed by atoms with Gasteiger partial charge in [-0.2, -0.15) is 0 Å². The summed E-state index contributed by atoms with van der Waals surface area (Å²) in [6.45, 7) is 4.26. The first-order valence-electron chi connectivity index (χ1n) is 10.0. The zero-order valence-electron chi connectivity index (χ0n) is 16.8. The maximum Gasteiger partial charge on any atom is 0.224 e. The average Bonchev–Trinajstić information content (AvgIpc) is 3.11. The highest BCUT2D eigenvalue weighted by Gasteiger charge is 2.14. The zero-order valence-corrected chi connectivity index (χ0v) is 16.8. The molecule has 0 saturated carbocycles. The number of nitrogens with one attached hydrogen (secondary N) is 1. The van der Waals surface area contributed by atoms with Gasteiger partial charge in [-0.15, -0.1) is 0 Å². The van der Waals surface area contributed by atoms with Crippen molar-refractivity contribution in [2.75, 3.05) is 5.32 Å². The Balaban J connectivity index is 1.57. The van der Waals surface area contributed by atoms with Crippen molar-refractivity contribution in [1.29, 1.82) is 0 Å². The molecule has 0 bridgehead atoms. The summed E-state index contributed by atoms with van der Waals surface area (Å²) in [5.41, 5.74) is 5.10. The van der Waals surface area contributed by atoms with E-state index in [2.05, 4.69) is 48.0 Å². The Labute approximate surface area is 171 Å². The van der Waals surface area contributed by atoms with Crippen molar-refractivity contribution in [2.45, 2.75) is 32.6 Å². The fourth-order valence-corrected chi connectivity index (χ4v) is 3.66. The molecular weight excluding hydrogens is 358 g/mol. The van der Waals surface area contributed by atoms with Crippen molar-refractivity contribution >= 4 is 22.6 Å². The van der Waals surface area contributed by atoms with E-state index in [9.17, 15) is 4.79 Å². The van der Waals surface area contributed by atoms with Gasteiger partial charge in [0.2, 0.25) is 5.91 Å². The third kappa shape index (κ3) is 4.06. The van der Waals surface area contributed by atoms with Crippen molar-refractivity contribution in [1.82, 2.24) is 9.55 Å². The highest BCUT2D eigenvalue weighted by molar-refractivity contribution is 5.91. The smallest absolute Gasteiger partial charge is 0.224 e. The van der Waals surface area contributed by atoms with Gasteiger partial charge in [-0.25, -0.2) is 4.98 Å². The number of imidazole rings is 1. The molecule has 0 saturated heterocycles. The molecule has 1 amide bonds. The lowest BCUT2D eigenvalue weighted by molar-refractivity contribution is -0.116. The van der Waals surface area contributed by atoms with E-state index in [1.165, 1.54) is 0 Å². The van der Waals surface area contributed by atoms with Crippen molar-refractivity contribution in [3.05, 3.63) is 90.3 Å². The highest BCUT2D eigenvalue weighted by Crippen LogP contribution is 2.25. The molecule has 1 N–H and O–H groups in total. The fourth-order valence-electron chi connectivity index (χ4n) is 3.66. The van der Waals surface area contributed by atoms with Gasteiger partial charge >= 0.3 is 0 Å². The van der Waals surface area contributed by atoms with Gasteiger partial charge in [-0.3, -0.25) is 9.36 Å². The van der Waals surface area contributed by atoms with Gasteiger partial charge in [0.25, 0.3) is 0 Å². The number of anilines is 1. The number of benzene rings is 3. The molecule has 4 nitrogen and oxygen atoms in total. The second kappa shape index (κ2) is 8.31. The van der Waals surface area contributed by atoms with Crippen LogP contribution in [0.4, 0.5) is 5.69 Å². The minimum absolute atomic E-state index is 0.00441. The molecule has 4 heteroatoms. The minimum Gasteiger partial charge on any atom is -0.326 e. The van der Waals surface area contributed by atoms with Crippen LogP contribution in [-0.2, 0) is 11.2 Å². The first kappa shape index (κ1) is 18.9. The third-order valence-corrected chi connectivity index (χ3v) is 5.08. The molecule has 4 aromatic rings. The maximum atomic E-state index is 12.7. The van der Waals surface area contributed by atoms with Crippen LogP contribution in [0.25, 0.3) is 16.7 Å². The quantitative estimate of drug-likeness (QED) is 0.463. The van der Waals surface area contributed by atoms with E-state index in [0.717, 1.165) is 33.8 Å². The number of fused-ring (bicyclic) bond motifs is 1. The summed E-state index contributed by atoms with van der Waals surface area (Å²) in [6, 6.07) is 26.2. The third-order valence-electron chi connectivity index (χ3n) is 5.08. The van der Waals surface area contributed by atoms with Gasteiger partial charge in [0.15, 0.2) is 0 Å². The lowest BCUT2D eigenvalue weighted by atomic mass is 10.0. The second-order valence-electron chi connectivity index (χ2n) is 7.48.